The molecule has 2 rings (SSSR count). The third-order valence-electron chi connectivity index (χ3n) is 3.38. The van der Waals surface area contributed by atoms with Gasteiger partial charge >= 0.3 is 0 Å². The van der Waals surface area contributed by atoms with Crippen molar-refractivity contribution in [2.45, 2.75) is 43.4 Å². The maximum Gasteiger partial charge on any atom is 0.253 e. The molecule has 0 aromatic carbocycles. The van der Waals surface area contributed by atoms with E-state index < -0.39 is 10.0 Å². The fourth-order valence-electron chi connectivity index (χ4n) is 2.51. The van der Waals surface area contributed by atoms with Crippen molar-refractivity contribution in [1.82, 2.24) is 4.31 Å². The van der Waals surface area contributed by atoms with Crippen LogP contribution in [0.3, 0.4) is 0 Å². The van der Waals surface area contributed by atoms with Gasteiger partial charge in [0, 0.05) is 24.0 Å². The molecule has 2 N–H and O–H groups in total. The standard InChI is InChI=1S/C12H20N2O2S2/c1-9-7-10(2)17-12(9)18(15,16)14-6-4-3-5-11(14)8-13/h7,11H,3-6,8,13H2,1-2H3. The Kier molecular flexibility index (Phi) is 4.11. The highest BCUT2D eigenvalue weighted by Crippen LogP contribution is 2.32. The maximum atomic E-state index is 12.7. The lowest BCUT2D eigenvalue weighted by Gasteiger charge is -2.33. The van der Waals surface area contributed by atoms with Crippen molar-refractivity contribution in [1.29, 1.82) is 0 Å². The van der Waals surface area contributed by atoms with Crippen LogP contribution >= 0.6 is 11.3 Å². The fourth-order valence-corrected chi connectivity index (χ4v) is 5.99. The molecular formula is C12H20N2O2S2. The third kappa shape index (κ3) is 2.47. The number of rotatable bonds is 3. The van der Waals surface area contributed by atoms with E-state index in [-0.39, 0.29) is 6.04 Å². The van der Waals surface area contributed by atoms with Crippen LogP contribution in [0, 0.1) is 13.8 Å². The second-order valence-electron chi connectivity index (χ2n) is 4.83. The summed E-state index contributed by atoms with van der Waals surface area (Å²) in [5.74, 6) is 0. The van der Waals surface area contributed by atoms with Crippen molar-refractivity contribution >= 4 is 21.4 Å². The molecule has 1 unspecified atom stereocenters. The summed E-state index contributed by atoms with van der Waals surface area (Å²) in [7, 11) is -3.36. The van der Waals surface area contributed by atoms with E-state index in [4.69, 9.17) is 5.73 Å². The molecule has 1 aliphatic rings. The molecule has 18 heavy (non-hydrogen) atoms. The van der Waals surface area contributed by atoms with Crippen LogP contribution in [0.4, 0.5) is 0 Å². The Hall–Kier alpha value is -0.430. The van der Waals surface area contributed by atoms with Gasteiger partial charge in [-0.2, -0.15) is 4.31 Å². The van der Waals surface area contributed by atoms with Gasteiger partial charge in [0.2, 0.25) is 0 Å². The van der Waals surface area contributed by atoms with Gasteiger partial charge in [-0.15, -0.1) is 11.3 Å². The number of nitrogens with zero attached hydrogens (tertiary/aromatic N) is 1. The van der Waals surface area contributed by atoms with Crippen molar-refractivity contribution in [3.8, 4) is 0 Å². The molecule has 6 heteroatoms. The predicted molar refractivity (Wildman–Crippen MR) is 74.4 cm³/mol. The summed E-state index contributed by atoms with van der Waals surface area (Å²) in [4.78, 5) is 1.03. The molecule has 1 aromatic rings. The number of nitrogens with two attached hydrogens (primary N) is 1. The van der Waals surface area contributed by atoms with Gasteiger partial charge in [-0.05, 0) is 38.3 Å². The number of aryl methyl sites for hydroxylation is 2. The first-order chi connectivity index (χ1) is 8.46. The largest absolute Gasteiger partial charge is 0.329 e. The summed E-state index contributed by atoms with van der Waals surface area (Å²) in [5, 5.41) is 0. The van der Waals surface area contributed by atoms with Gasteiger partial charge in [-0.1, -0.05) is 6.42 Å². The molecule has 4 nitrogen and oxygen atoms in total. The first-order valence-electron chi connectivity index (χ1n) is 6.25. The van der Waals surface area contributed by atoms with Gasteiger partial charge in [0.15, 0.2) is 0 Å². The average Bonchev–Trinajstić information content (AvgIpc) is 2.69. The van der Waals surface area contributed by atoms with E-state index in [0.29, 0.717) is 17.3 Å². The van der Waals surface area contributed by atoms with Crippen molar-refractivity contribution in [2.75, 3.05) is 13.1 Å². The SMILES string of the molecule is Cc1cc(C)c(S(=O)(=O)N2CCCCC2CN)s1. The summed E-state index contributed by atoms with van der Waals surface area (Å²) in [6, 6.07) is 1.89. The number of hydrogen-bond donors (Lipinski definition) is 1. The van der Waals surface area contributed by atoms with Gasteiger partial charge < -0.3 is 5.73 Å². The molecule has 1 aliphatic heterocycles. The Balaban J connectivity index is 2.38. The van der Waals surface area contributed by atoms with Crippen molar-refractivity contribution in [2.24, 2.45) is 5.73 Å². The van der Waals surface area contributed by atoms with Gasteiger partial charge in [0.1, 0.15) is 4.21 Å². The van der Waals surface area contributed by atoms with Gasteiger partial charge in [0.05, 0.1) is 0 Å². The lowest BCUT2D eigenvalue weighted by molar-refractivity contribution is 0.258. The zero-order chi connectivity index (χ0) is 13.3. The summed E-state index contributed by atoms with van der Waals surface area (Å²) in [6.45, 7) is 4.80. The van der Waals surface area contributed by atoms with Crippen molar-refractivity contribution in [3.05, 3.63) is 16.5 Å². The molecule has 1 atom stereocenters. The topological polar surface area (TPSA) is 63.4 Å². The van der Waals surface area contributed by atoms with E-state index in [9.17, 15) is 8.42 Å². The Labute approximate surface area is 113 Å². The van der Waals surface area contributed by atoms with Crippen LogP contribution in [-0.2, 0) is 10.0 Å². The van der Waals surface area contributed by atoms with Crippen LogP contribution in [0.2, 0.25) is 0 Å². The molecule has 2 heterocycles. The monoisotopic (exact) mass is 288 g/mol. The van der Waals surface area contributed by atoms with Crippen LogP contribution in [0.1, 0.15) is 29.7 Å². The minimum absolute atomic E-state index is 0.0365. The van der Waals surface area contributed by atoms with Crippen LogP contribution < -0.4 is 5.73 Å². The predicted octanol–water partition coefficient (Wildman–Crippen LogP) is 1.87. The Morgan fingerprint density at radius 1 is 1.44 bits per heavy atom. The van der Waals surface area contributed by atoms with Gasteiger partial charge in [-0.25, -0.2) is 8.42 Å². The molecule has 102 valence electrons. The van der Waals surface area contributed by atoms with E-state index in [0.717, 1.165) is 29.7 Å². The minimum atomic E-state index is -3.36. The molecular weight excluding hydrogens is 268 g/mol. The number of thiophene rings is 1. The molecule has 1 fully saturated rings. The van der Waals surface area contributed by atoms with Crippen LogP contribution in [0.25, 0.3) is 0 Å². The summed E-state index contributed by atoms with van der Waals surface area (Å²) >= 11 is 1.36. The third-order valence-corrected chi connectivity index (χ3v) is 7.10. The lowest BCUT2D eigenvalue weighted by atomic mass is 10.1. The van der Waals surface area contributed by atoms with E-state index >= 15 is 0 Å². The first kappa shape index (κ1) is 14.0. The summed E-state index contributed by atoms with van der Waals surface area (Å²) < 4.78 is 27.4. The molecule has 0 spiro atoms. The number of sulfonamides is 1. The molecule has 1 saturated heterocycles. The highest BCUT2D eigenvalue weighted by atomic mass is 32.2. The smallest absolute Gasteiger partial charge is 0.253 e. The Morgan fingerprint density at radius 2 is 2.17 bits per heavy atom. The molecule has 0 aliphatic carbocycles. The molecule has 0 saturated carbocycles. The molecule has 1 aromatic heterocycles. The Morgan fingerprint density at radius 3 is 2.72 bits per heavy atom. The number of hydrogen-bond acceptors (Lipinski definition) is 4. The Bertz CT molecular complexity index is 522. The van der Waals surface area contributed by atoms with Crippen LogP contribution in [0.5, 0.6) is 0 Å². The quantitative estimate of drug-likeness (QED) is 0.923. The molecule has 0 bridgehead atoms. The lowest BCUT2D eigenvalue weighted by Crippen LogP contribution is -2.47. The molecule has 0 amide bonds. The molecule has 0 radical (unpaired) electrons. The highest BCUT2D eigenvalue weighted by molar-refractivity contribution is 7.91. The van der Waals surface area contributed by atoms with E-state index in [1.165, 1.54) is 11.3 Å². The fraction of sp³-hybridized carbons (Fsp3) is 0.667. The van der Waals surface area contributed by atoms with Gasteiger partial charge in [-0.3, -0.25) is 0 Å². The van der Waals surface area contributed by atoms with E-state index in [1.54, 1.807) is 4.31 Å². The van der Waals surface area contributed by atoms with Crippen LogP contribution in [-0.4, -0.2) is 31.9 Å². The summed E-state index contributed by atoms with van der Waals surface area (Å²) in [6.07, 6.45) is 2.87. The minimum Gasteiger partial charge on any atom is -0.329 e. The maximum absolute atomic E-state index is 12.7. The second kappa shape index (κ2) is 5.28. The van der Waals surface area contributed by atoms with Crippen molar-refractivity contribution in [3.63, 3.8) is 0 Å². The van der Waals surface area contributed by atoms with Gasteiger partial charge in [0.25, 0.3) is 10.0 Å². The second-order valence-corrected chi connectivity index (χ2v) is 8.17. The zero-order valence-electron chi connectivity index (χ0n) is 10.8. The van der Waals surface area contributed by atoms with E-state index in [1.807, 2.05) is 19.9 Å². The number of piperidine rings is 1. The van der Waals surface area contributed by atoms with Crippen LogP contribution in [0.15, 0.2) is 10.3 Å². The van der Waals surface area contributed by atoms with E-state index in [2.05, 4.69) is 0 Å². The first-order valence-corrected chi connectivity index (χ1v) is 8.51. The normalized spacial score (nSPS) is 22.3. The zero-order valence-corrected chi connectivity index (χ0v) is 12.5. The average molecular weight is 288 g/mol. The van der Waals surface area contributed by atoms with Crippen molar-refractivity contribution < 1.29 is 8.42 Å². The summed E-state index contributed by atoms with van der Waals surface area (Å²) in [5.41, 5.74) is 6.56. The highest BCUT2D eigenvalue weighted by Gasteiger charge is 2.34.